The summed E-state index contributed by atoms with van der Waals surface area (Å²) in [6.45, 7) is 7.08. The molecule has 1 N–H and O–H groups in total. The highest BCUT2D eigenvalue weighted by molar-refractivity contribution is 7.92. The van der Waals surface area contributed by atoms with E-state index in [4.69, 9.17) is 11.6 Å². The molecule has 1 aromatic rings. The summed E-state index contributed by atoms with van der Waals surface area (Å²) in [6.07, 6.45) is 2.59. The van der Waals surface area contributed by atoms with Crippen molar-refractivity contribution in [1.82, 2.24) is 5.32 Å². The van der Waals surface area contributed by atoms with Crippen LogP contribution in [0.2, 0.25) is 5.02 Å². The van der Waals surface area contributed by atoms with Crippen LogP contribution in [0.25, 0.3) is 0 Å². The summed E-state index contributed by atoms with van der Waals surface area (Å²) in [7, 11) is -3.43. The van der Waals surface area contributed by atoms with Gasteiger partial charge in [0.25, 0.3) is 0 Å². The minimum absolute atomic E-state index is 0.00398. The van der Waals surface area contributed by atoms with E-state index in [9.17, 15) is 8.42 Å². The van der Waals surface area contributed by atoms with Gasteiger partial charge in [0.2, 0.25) is 0 Å². The van der Waals surface area contributed by atoms with E-state index < -0.39 is 15.1 Å². The van der Waals surface area contributed by atoms with E-state index in [-0.39, 0.29) is 16.4 Å². The summed E-state index contributed by atoms with van der Waals surface area (Å²) in [5.74, 6) is 0. The molecule has 0 saturated heterocycles. The molecule has 3 nitrogen and oxygen atoms in total. The number of halogens is 1. The zero-order chi connectivity index (χ0) is 15.7. The lowest BCUT2D eigenvalue weighted by Gasteiger charge is -2.40. The summed E-state index contributed by atoms with van der Waals surface area (Å²) in [5.41, 5.74) is 0.0465. The van der Waals surface area contributed by atoms with Crippen molar-refractivity contribution in [3.63, 3.8) is 0 Å². The number of hydrogen-bond acceptors (Lipinski definition) is 3. The number of benzene rings is 1. The molecule has 0 heterocycles. The first-order valence-electron chi connectivity index (χ1n) is 7.50. The molecule has 0 aliphatic heterocycles. The molecule has 118 valence electrons. The third kappa shape index (κ3) is 3.61. The highest BCUT2D eigenvalue weighted by atomic mass is 35.5. The van der Waals surface area contributed by atoms with Gasteiger partial charge in [-0.05, 0) is 43.4 Å². The van der Waals surface area contributed by atoms with Crippen LogP contribution in [-0.4, -0.2) is 26.3 Å². The highest BCUT2D eigenvalue weighted by Gasteiger charge is 2.42. The molecule has 1 aliphatic rings. The molecule has 0 spiro atoms. The maximum Gasteiger partial charge on any atom is 0.184 e. The van der Waals surface area contributed by atoms with Crippen LogP contribution in [0.1, 0.15) is 40.0 Å². The molecule has 0 aromatic heterocycles. The molecule has 0 bridgehead atoms. The number of hydrogen-bond donors (Lipinski definition) is 1. The van der Waals surface area contributed by atoms with Crippen LogP contribution in [0, 0.1) is 5.41 Å². The molecule has 2 atom stereocenters. The lowest BCUT2D eigenvalue weighted by atomic mass is 9.75. The maximum absolute atomic E-state index is 13.1. The van der Waals surface area contributed by atoms with Crippen molar-refractivity contribution in [2.45, 2.75) is 56.2 Å². The number of rotatable bonds is 4. The van der Waals surface area contributed by atoms with E-state index >= 15 is 0 Å². The van der Waals surface area contributed by atoms with Crippen LogP contribution in [-0.2, 0) is 9.84 Å². The highest BCUT2D eigenvalue weighted by Crippen LogP contribution is 2.40. The monoisotopic (exact) mass is 329 g/mol. The quantitative estimate of drug-likeness (QED) is 0.916. The van der Waals surface area contributed by atoms with E-state index in [0.29, 0.717) is 11.4 Å². The summed E-state index contributed by atoms with van der Waals surface area (Å²) in [5, 5.41) is 3.25. The lowest BCUT2D eigenvalue weighted by molar-refractivity contribution is 0.210. The van der Waals surface area contributed by atoms with Crippen LogP contribution in [0.5, 0.6) is 0 Å². The van der Waals surface area contributed by atoms with Gasteiger partial charge in [0, 0.05) is 6.04 Å². The topological polar surface area (TPSA) is 46.2 Å². The molecule has 5 heteroatoms. The van der Waals surface area contributed by atoms with Crippen LogP contribution >= 0.6 is 11.6 Å². The Hall–Kier alpha value is -0.580. The van der Waals surface area contributed by atoms with Crippen LogP contribution in [0.15, 0.2) is 29.2 Å². The van der Waals surface area contributed by atoms with Crippen molar-refractivity contribution in [1.29, 1.82) is 0 Å². The Morgan fingerprint density at radius 2 is 2.00 bits per heavy atom. The van der Waals surface area contributed by atoms with Gasteiger partial charge >= 0.3 is 0 Å². The molecule has 0 amide bonds. The zero-order valence-electron chi connectivity index (χ0n) is 12.9. The second-order valence-corrected chi connectivity index (χ2v) is 9.13. The van der Waals surface area contributed by atoms with Crippen molar-refractivity contribution in [3.05, 3.63) is 29.3 Å². The second kappa shape index (κ2) is 6.27. The predicted octanol–water partition coefficient (Wildman–Crippen LogP) is 3.67. The fraction of sp³-hybridized carbons (Fsp3) is 0.625. The Balaban J connectivity index is 2.41. The molecule has 2 unspecified atom stereocenters. The van der Waals surface area contributed by atoms with Gasteiger partial charge in [0.05, 0.1) is 15.2 Å². The first kappa shape index (κ1) is 16.8. The van der Waals surface area contributed by atoms with E-state index in [2.05, 4.69) is 19.2 Å². The van der Waals surface area contributed by atoms with Gasteiger partial charge in [0.15, 0.2) is 9.84 Å². The minimum Gasteiger partial charge on any atom is -0.313 e. The van der Waals surface area contributed by atoms with Crippen molar-refractivity contribution in [3.8, 4) is 0 Å². The molecule has 21 heavy (non-hydrogen) atoms. The SMILES string of the molecule is CCNC1CCC(C)(C)CC1S(=O)(=O)c1ccccc1Cl. The zero-order valence-corrected chi connectivity index (χ0v) is 14.5. The fourth-order valence-corrected chi connectivity index (χ4v) is 5.91. The van der Waals surface area contributed by atoms with Gasteiger partial charge in [-0.25, -0.2) is 8.42 Å². The van der Waals surface area contributed by atoms with Crippen LogP contribution in [0.3, 0.4) is 0 Å². The van der Waals surface area contributed by atoms with E-state index in [0.717, 1.165) is 19.4 Å². The van der Waals surface area contributed by atoms with Gasteiger partial charge in [-0.15, -0.1) is 0 Å². The smallest absolute Gasteiger partial charge is 0.184 e. The summed E-state index contributed by atoms with van der Waals surface area (Å²) >= 11 is 6.12. The Morgan fingerprint density at radius 3 is 2.62 bits per heavy atom. The van der Waals surface area contributed by atoms with Crippen molar-refractivity contribution in [2.75, 3.05) is 6.54 Å². The molecule has 1 fully saturated rings. The standard InChI is InChI=1S/C16H24ClNO2S/c1-4-18-13-9-10-16(2,3)11-15(13)21(19,20)14-8-6-5-7-12(14)17/h5-8,13,15,18H,4,9-11H2,1-3H3. The van der Waals surface area contributed by atoms with Gasteiger partial charge < -0.3 is 5.32 Å². The van der Waals surface area contributed by atoms with Gasteiger partial charge in [-0.2, -0.15) is 0 Å². The summed E-state index contributed by atoms with van der Waals surface area (Å²) in [4.78, 5) is 0.261. The van der Waals surface area contributed by atoms with E-state index in [1.165, 1.54) is 0 Å². The normalized spacial score (nSPS) is 25.7. The largest absolute Gasteiger partial charge is 0.313 e. The molecule has 1 aliphatic carbocycles. The fourth-order valence-electron chi connectivity index (χ4n) is 3.18. The molecular formula is C16H24ClNO2S. The Bertz CT molecular complexity index is 598. The third-order valence-electron chi connectivity index (χ3n) is 4.34. The van der Waals surface area contributed by atoms with Gasteiger partial charge in [-0.3, -0.25) is 0 Å². The molecule has 1 saturated carbocycles. The average molecular weight is 330 g/mol. The Morgan fingerprint density at radius 1 is 1.33 bits per heavy atom. The number of sulfone groups is 1. The van der Waals surface area contributed by atoms with Crippen molar-refractivity contribution in [2.24, 2.45) is 5.41 Å². The van der Waals surface area contributed by atoms with Gasteiger partial charge in [0.1, 0.15) is 0 Å². The first-order chi connectivity index (χ1) is 9.78. The van der Waals surface area contributed by atoms with Crippen LogP contribution < -0.4 is 5.32 Å². The average Bonchev–Trinajstić information content (AvgIpc) is 2.41. The Labute approximate surface area is 133 Å². The third-order valence-corrected chi connectivity index (χ3v) is 7.05. The van der Waals surface area contributed by atoms with E-state index in [1.54, 1.807) is 24.3 Å². The first-order valence-corrected chi connectivity index (χ1v) is 9.42. The Kier molecular flexibility index (Phi) is 5.01. The molecule has 1 aromatic carbocycles. The second-order valence-electron chi connectivity index (χ2n) is 6.59. The summed E-state index contributed by atoms with van der Waals surface area (Å²) < 4.78 is 26.1. The minimum atomic E-state index is -3.43. The lowest BCUT2D eigenvalue weighted by Crippen LogP contribution is -2.50. The van der Waals surface area contributed by atoms with Crippen molar-refractivity contribution < 1.29 is 8.42 Å². The van der Waals surface area contributed by atoms with E-state index in [1.807, 2.05) is 6.92 Å². The summed E-state index contributed by atoms with van der Waals surface area (Å²) in [6, 6.07) is 6.75. The molecule has 2 rings (SSSR count). The molecular weight excluding hydrogens is 306 g/mol. The molecule has 0 radical (unpaired) electrons. The van der Waals surface area contributed by atoms with Crippen LogP contribution in [0.4, 0.5) is 0 Å². The van der Waals surface area contributed by atoms with Crippen molar-refractivity contribution >= 4 is 21.4 Å². The predicted molar refractivity (Wildman–Crippen MR) is 87.5 cm³/mol. The number of nitrogens with one attached hydrogen (secondary N) is 1. The maximum atomic E-state index is 13.1. The van der Waals surface area contributed by atoms with Gasteiger partial charge in [-0.1, -0.05) is 44.5 Å².